The largest absolute Gasteiger partial charge is 0.395 e. The highest BCUT2D eigenvalue weighted by Gasteiger charge is 2.27. The number of benzene rings is 2. The Hall–Kier alpha value is -1.80. The highest BCUT2D eigenvalue weighted by molar-refractivity contribution is 5.46. The van der Waals surface area contributed by atoms with Gasteiger partial charge in [0.15, 0.2) is 0 Å². The van der Waals surface area contributed by atoms with Crippen LogP contribution in [0.3, 0.4) is 0 Å². The third-order valence-electron chi connectivity index (χ3n) is 4.19. The molecule has 0 aliphatic carbocycles. The Bertz CT molecular complexity index is 589. The summed E-state index contributed by atoms with van der Waals surface area (Å²) in [5, 5.41) is 9.96. The second kappa shape index (κ2) is 6.31. The average Bonchev–Trinajstić information content (AvgIpc) is 2.48. The van der Waals surface area contributed by atoms with Crippen molar-refractivity contribution in [3.63, 3.8) is 0 Å². The number of hydrogen-bond donors (Lipinski definition) is 1. The Kier molecular flexibility index (Phi) is 4.69. The molecule has 0 fully saturated rings. The predicted octanol–water partition coefficient (Wildman–Crippen LogP) is 3.55. The zero-order valence-electron chi connectivity index (χ0n) is 13.4. The molecule has 0 aromatic heterocycles. The van der Waals surface area contributed by atoms with Crippen molar-refractivity contribution in [2.45, 2.75) is 25.7 Å². The summed E-state index contributed by atoms with van der Waals surface area (Å²) in [6, 6.07) is 16.9. The van der Waals surface area contributed by atoms with Gasteiger partial charge in [0.1, 0.15) is 0 Å². The molecular weight excluding hydrogens is 258 g/mol. The maximum absolute atomic E-state index is 9.96. The fourth-order valence-electron chi connectivity index (χ4n) is 2.85. The smallest absolute Gasteiger partial charge is 0.0528 e. The molecule has 2 aromatic carbocycles. The van der Waals surface area contributed by atoms with E-state index >= 15 is 0 Å². The first-order chi connectivity index (χ1) is 9.96. The first-order valence-corrected chi connectivity index (χ1v) is 7.39. The number of rotatable bonds is 5. The Morgan fingerprint density at radius 1 is 1.00 bits per heavy atom. The van der Waals surface area contributed by atoms with E-state index < -0.39 is 0 Å². The lowest BCUT2D eigenvalue weighted by atomic mass is 9.76. The maximum atomic E-state index is 9.96. The van der Waals surface area contributed by atoms with Crippen LogP contribution in [0, 0.1) is 6.92 Å². The van der Waals surface area contributed by atoms with Crippen LogP contribution in [-0.4, -0.2) is 25.8 Å². The van der Waals surface area contributed by atoms with Crippen LogP contribution in [0.2, 0.25) is 0 Å². The minimum absolute atomic E-state index is 0.146. The van der Waals surface area contributed by atoms with Crippen molar-refractivity contribution in [3.8, 4) is 0 Å². The maximum Gasteiger partial charge on any atom is 0.0528 e. The van der Waals surface area contributed by atoms with E-state index in [2.05, 4.69) is 55.1 Å². The molecule has 0 bridgehead atoms. The molecule has 0 saturated carbocycles. The number of nitrogens with zero attached hydrogens (tertiary/aromatic N) is 1. The van der Waals surface area contributed by atoms with E-state index in [0.29, 0.717) is 0 Å². The summed E-state index contributed by atoms with van der Waals surface area (Å²) in [4.78, 5) is 2.09. The van der Waals surface area contributed by atoms with Crippen LogP contribution in [0.5, 0.6) is 0 Å². The molecule has 0 amide bonds. The Morgan fingerprint density at radius 2 is 1.62 bits per heavy atom. The van der Waals surface area contributed by atoms with Crippen molar-refractivity contribution in [2.75, 3.05) is 25.6 Å². The minimum Gasteiger partial charge on any atom is -0.395 e. The molecule has 2 aromatic rings. The summed E-state index contributed by atoms with van der Waals surface area (Å²) in [6.07, 6.45) is 0.835. The molecule has 0 saturated heterocycles. The van der Waals surface area contributed by atoms with Crippen molar-refractivity contribution in [3.05, 3.63) is 65.2 Å². The van der Waals surface area contributed by atoms with Crippen molar-refractivity contribution in [1.82, 2.24) is 0 Å². The first-order valence-electron chi connectivity index (χ1n) is 7.39. The molecule has 0 aliphatic heterocycles. The molecule has 1 atom stereocenters. The molecule has 0 radical (unpaired) electrons. The van der Waals surface area contributed by atoms with E-state index in [4.69, 9.17) is 0 Å². The van der Waals surface area contributed by atoms with E-state index in [0.717, 1.165) is 6.42 Å². The molecule has 0 heterocycles. The fourth-order valence-corrected chi connectivity index (χ4v) is 2.85. The SMILES string of the molecule is Cc1ccccc1C(C)(CO)Cc1ccc(N(C)C)cc1. The van der Waals surface area contributed by atoms with Gasteiger partial charge < -0.3 is 10.0 Å². The summed E-state index contributed by atoms with van der Waals surface area (Å²) in [6.45, 7) is 4.39. The van der Waals surface area contributed by atoms with Gasteiger partial charge in [0.05, 0.1) is 6.61 Å². The summed E-state index contributed by atoms with van der Waals surface area (Å²) in [5.74, 6) is 0. The zero-order chi connectivity index (χ0) is 15.5. The second-order valence-corrected chi connectivity index (χ2v) is 6.27. The Balaban J connectivity index is 2.28. The van der Waals surface area contributed by atoms with E-state index in [1.54, 1.807) is 0 Å². The average molecular weight is 283 g/mol. The lowest BCUT2D eigenvalue weighted by Gasteiger charge is -2.30. The Labute approximate surface area is 128 Å². The van der Waals surface area contributed by atoms with Crippen LogP contribution < -0.4 is 4.90 Å². The van der Waals surface area contributed by atoms with Crippen molar-refractivity contribution in [1.29, 1.82) is 0 Å². The van der Waals surface area contributed by atoms with Gasteiger partial charge in [-0.05, 0) is 42.2 Å². The van der Waals surface area contributed by atoms with E-state index in [1.807, 2.05) is 26.2 Å². The summed E-state index contributed by atoms with van der Waals surface area (Å²) >= 11 is 0. The van der Waals surface area contributed by atoms with Gasteiger partial charge in [-0.2, -0.15) is 0 Å². The highest BCUT2D eigenvalue weighted by atomic mass is 16.3. The van der Waals surface area contributed by atoms with Crippen LogP contribution in [0.1, 0.15) is 23.6 Å². The molecule has 112 valence electrons. The number of hydrogen-bond acceptors (Lipinski definition) is 2. The molecule has 1 N–H and O–H groups in total. The van der Waals surface area contributed by atoms with Crippen molar-refractivity contribution >= 4 is 5.69 Å². The van der Waals surface area contributed by atoms with Gasteiger partial charge in [-0.1, -0.05) is 43.3 Å². The van der Waals surface area contributed by atoms with Crippen LogP contribution >= 0.6 is 0 Å². The van der Waals surface area contributed by atoms with Gasteiger partial charge >= 0.3 is 0 Å². The van der Waals surface area contributed by atoms with Crippen LogP contribution in [-0.2, 0) is 11.8 Å². The van der Waals surface area contributed by atoms with Gasteiger partial charge in [-0.15, -0.1) is 0 Å². The van der Waals surface area contributed by atoms with E-state index in [9.17, 15) is 5.11 Å². The third kappa shape index (κ3) is 3.45. The third-order valence-corrected chi connectivity index (χ3v) is 4.19. The van der Waals surface area contributed by atoms with Gasteiger partial charge in [0.2, 0.25) is 0 Å². The molecule has 2 heteroatoms. The van der Waals surface area contributed by atoms with Crippen molar-refractivity contribution < 1.29 is 5.11 Å². The van der Waals surface area contributed by atoms with Crippen LogP contribution in [0.15, 0.2) is 48.5 Å². The van der Waals surface area contributed by atoms with Gasteiger partial charge in [-0.3, -0.25) is 0 Å². The summed E-state index contributed by atoms with van der Waals surface area (Å²) < 4.78 is 0. The molecule has 0 aliphatic rings. The van der Waals surface area contributed by atoms with Crippen LogP contribution in [0.4, 0.5) is 5.69 Å². The molecule has 2 rings (SSSR count). The van der Waals surface area contributed by atoms with E-state index in [-0.39, 0.29) is 12.0 Å². The molecule has 1 unspecified atom stereocenters. The standard InChI is InChI=1S/C19H25NO/c1-15-7-5-6-8-18(15)19(2,14-21)13-16-9-11-17(12-10-16)20(3)4/h5-12,21H,13-14H2,1-4H3. The topological polar surface area (TPSA) is 23.5 Å². The molecule has 21 heavy (non-hydrogen) atoms. The van der Waals surface area contributed by atoms with Crippen LogP contribution in [0.25, 0.3) is 0 Å². The first kappa shape index (κ1) is 15.6. The summed E-state index contributed by atoms with van der Waals surface area (Å²) in [7, 11) is 4.08. The lowest BCUT2D eigenvalue weighted by molar-refractivity contribution is 0.204. The molecule has 0 spiro atoms. The van der Waals surface area contributed by atoms with E-state index in [1.165, 1.54) is 22.4 Å². The molecule has 2 nitrogen and oxygen atoms in total. The second-order valence-electron chi connectivity index (χ2n) is 6.27. The quantitative estimate of drug-likeness (QED) is 0.907. The minimum atomic E-state index is -0.245. The monoisotopic (exact) mass is 283 g/mol. The number of aliphatic hydroxyl groups is 1. The number of aliphatic hydroxyl groups excluding tert-OH is 1. The normalized spacial score (nSPS) is 13.8. The molecular formula is C19H25NO. The highest BCUT2D eigenvalue weighted by Crippen LogP contribution is 2.30. The summed E-state index contributed by atoms with van der Waals surface area (Å²) in [5.41, 5.74) is 4.66. The van der Waals surface area contributed by atoms with Gasteiger partial charge in [0.25, 0.3) is 0 Å². The lowest BCUT2D eigenvalue weighted by Crippen LogP contribution is -2.30. The number of anilines is 1. The Morgan fingerprint density at radius 3 is 2.14 bits per heavy atom. The number of aryl methyl sites for hydroxylation is 1. The predicted molar refractivity (Wildman–Crippen MR) is 90.1 cm³/mol. The fraction of sp³-hybridized carbons (Fsp3) is 0.368. The van der Waals surface area contributed by atoms with Gasteiger partial charge in [-0.25, -0.2) is 0 Å². The zero-order valence-corrected chi connectivity index (χ0v) is 13.4. The van der Waals surface area contributed by atoms with Crippen molar-refractivity contribution in [2.24, 2.45) is 0 Å². The van der Waals surface area contributed by atoms with Gasteiger partial charge in [0, 0.05) is 25.2 Å².